The number of halogens is 3. The van der Waals surface area contributed by atoms with E-state index < -0.39 is 6.36 Å². The first-order valence-electron chi connectivity index (χ1n) is 10.2. The molecule has 1 aliphatic rings. The highest BCUT2D eigenvalue weighted by atomic mass is 19.4. The molecule has 0 unspecified atom stereocenters. The molecule has 0 N–H and O–H groups in total. The SMILES string of the molecule is CCCCn1nc(C(=O)N2CCN(Cc3ccc(OC(F)(F)F)cc3)CC2)ccc1=O. The smallest absolute Gasteiger partial charge is 0.406 e. The second-order valence-electron chi connectivity index (χ2n) is 7.39. The summed E-state index contributed by atoms with van der Waals surface area (Å²) >= 11 is 0. The van der Waals surface area contributed by atoms with Gasteiger partial charge in [0.15, 0.2) is 0 Å². The average molecular weight is 438 g/mol. The van der Waals surface area contributed by atoms with E-state index in [4.69, 9.17) is 0 Å². The van der Waals surface area contributed by atoms with E-state index in [2.05, 4.69) is 14.7 Å². The number of piperazine rings is 1. The van der Waals surface area contributed by atoms with Gasteiger partial charge in [0.2, 0.25) is 0 Å². The van der Waals surface area contributed by atoms with Crippen molar-refractivity contribution in [2.45, 2.75) is 39.2 Å². The lowest BCUT2D eigenvalue weighted by Crippen LogP contribution is -2.48. The van der Waals surface area contributed by atoms with Crippen LogP contribution in [0.5, 0.6) is 5.75 Å². The van der Waals surface area contributed by atoms with E-state index in [0.29, 0.717) is 39.3 Å². The largest absolute Gasteiger partial charge is 0.573 e. The van der Waals surface area contributed by atoms with Crippen LogP contribution >= 0.6 is 0 Å². The van der Waals surface area contributed by atoms with E-state index in [1.54, 1.807) is 17.0 Å². The number of alkyl halides is 3. The summed E-state index contributed by atoms with van der Waals surface area (Å²) in [6.45, 7) is 5.33. The topological polar surface area (TPSA) is 67.7 Å². The number of unbranched alkanes of at least 4 members (excludes halogenated alkanes) is 1. The highest BCUT2D eigenvalue weighted by Gasteiger charge is 2.31. The number of carbonyl (C=O) groups excluding carboxylic acids is 1. The van der Waals surface area contributed by atoms with Gasteiger partial charge in [-0.3, -0.25) is 14.5 Å². The second-order valence-corrected chi connectivity index (χ2v) is 7.39. The summed E-state index contributed by atoms with van der Waals surface area (Å²) in [5.41, 5.74) is 0.893. The molecule has 1 amide bonds. The fourth-order valence-electron chi connectivity index (χ4n) is 3.36. The summed E-state index contributed by atoms with van der Waals surface area (Å²) in [6.07, 6.45) is -2.97. The van der Waals surface area contributed by atoms with Crippen molar-refractivity contribution in [1.82, 2.24) is 19.6 Å². The van der Waals surface area contributed by atoms with Crippen molar-refractivity contribution in [2.75, 3.05) is 26.2 Å². The third-order valence-electron chi connectivity index (χ3n) is 5.03. The molecular weight excluding hydrogens is 413 g/mol. The maximum atomic E-state index is 12.8. The lowest BCUT2D eigenvalue weighted by atomic mass is 10.2. The van der Waals surface area contributed by atoms with Gasteiger partial charge in [-0.05, 0) is 30.2 Å². The molecule has 1 aliphatic heterocycles. The first kappa shape index (κ1) is 22.8. The number of benzene rings is 1. The maximum Gasteiger partial charge on any atom is 0.573 e. The van der Waals surface area contributed by atoms with E-state index >= 15 is 0 Å². The minimum atomic E-state index is -4.71. The van der Waals surface area contributed by atoms with Gasteiger partial charge in [-0.1, -0.05) is 25.5 Å². The number of aromatic nitrogens is 2. The van der Waals surface area contributed by atoms with E-state index in [-0.39, 0.29) is 22.9 Å². The van der Waals surface area contributed by atoms with Crippen LogP contribution in [-0.2, 0) is 13.1 Å². The normalized spacial score (nSPS) is 15.2. The molecule has 0 saturated carbocycles. The molecule has 7 nitrogen and oxygen atoms in total. The summed E-state index contributed by atoms with van der Waals surface area (Å²) in [5.74, 6) is -0.460. The Hall–Kier alpha value is -2.88. The Kier molecular flexibility index (Phi) is 7.32. The molecule has 0 aliphatic carbocycles. The zero-order valence-corrected chi connectivity index (χ0v) is 17.3. The van der Waals surface area contributed by atoms with Crippen molar-refractivity contribution in [1.29, 1.82) is 0 Å². The van der Waals surface area contributed by atoms with Crippen LogP contribution in [0.3, 0.4) is 0 Å². The average Bonchev–Trinajstić information content (AvgIpc) is 2.73. The van der Waals surface area contributed by atoms with E-state index in [1.165, 1.54) is 28.9 Å². The van der Waals surface area contributed by atoms with E-state index in [1.807, 2.05) is 6.92 Å². The molecule has 3 rings (SSSR count). The van der Waals surface area contributed by atoms with E-state index in [9.17, 15) is 22.8 Å². The Balaban J connectivity index is 1.53. The van der Waals surface area contributed by atoms with Gasteiger partial charge in [-0.15, -0.1) is 13.2 Å². The molecule has 1 aromatic carbocycles. The monoisotopic (exact) mass is 438 g/mol. The summed E-state index contributed by atoms with van der Waals surface area (Å²) < 4.78 is 42.0. The van der Waals surface area contributed by atoms with Crippen LogP contribution in [0.1, 0.15) is 35.8 Å². The number of rotatable bonds is 7. The first-order valence-corrected chi connectivity index (χ1v) is 10.2. The van der Waals surface area contributed by atoms with Gasteiger partial charge in [0.05, 0.1) is 0 Å². The molecular formula is C21H25F3N4O3. The minimum Gasteiger partial charge on any atom is -0.406 e. The fraction of sp³-hybridized carbons (Fsp3) is 0.476. The molecule has 0 radical (unpaired) electrons. The van der Waals surface area contributed by atoms with Crippen molar-refractivity contribution in [3.05, 3.63) is 58.0 Å². The van der Waals surface area contributed by atoms with Crippen LogP contribution in [0.25, 0.3) is 0 Å². The molecule has 10 heteroatoms. The van der Waals surface area contributed by atoms with Crippen molar-refractivity contribution in [3.8, 4) is 5.75 Å². The van der Waals surface area contributed by atoms with Gasteiger partial charge >= 0.3 is 6.36 Å². The number of hydrogen-bond acceptors (Lipinski definition) is 5. The van der Waals surface area contributed by atoms with Gasteiger partial charge in [0.1, 0.15) is 11.4 Å². The molecule has 1 fully saturated rings. The highest BCUT2D eigenvalue weighted by molar-refractivity contribution is 5.92. The first-order chi connectivity index (χ1) is 14.7. The summed E-state index contributed by atoms with van der Waals surface area (Å²) in [6, 6.07) is 8.62. The molecule has 1 aromatic heterocycles. The molecule has 2 aromatic rings. The molecule has 168 valence electrons. The fourth-order valence-corrected chi connectivity index (χ4v) is 3.36. The predicted octanol–water partition coefficient (Wildman–Crippen LogP) is 2.90. The summed E-state index contributed by atoms with van der Waals surface area (Å²) in [5, 5.41) is 4.21. The number of nitrogens with zero attached hydrogens (tertiary/aromatic N) is 4. The summed E-state index contributed by atoms with van der Waals surface area (Å²) in [4.78, 5) is 28.5. The Bertz CT molecular complexity index is 936. The second kappa shape index (κ2) is 9.95. The number of hydrogen-bond donors (Lipinski definition) is 0. The van der Waals surface area contributed by atoms with Crippen LogP contribution in [0.4, 0.5) is 13.2 Å². The standard InChI is InChI=1S/C21H25F3N4O3/c1-2-3-10-28-19(29)9-8-18(25-28)20(30)27-13-11-26(12-14-27)15-16-4-6-17(7-5-16)31-21(22,23)24/h4-9H,2-3,10-15H2,1H3. The zero-order chi connectivity index (χ0) is 22.4. The Morgan fingerprint density at radius 3 is 2.35 bits per heavy atom. The van der Waals surface area contributed by atoms with Gasteiger partial charge in [-0.25, -0.2) is 4.68 Å². The Morgan fingerprint density at radius 2 is 1.74 bits per heavy atom. The molecule has 2 heterocycles. The van der Waals surface area contributed by atoms with Gasteiger partial charge < -0.3 is 9.64 Å². The molecule has 0 spiro atoms. The van der Waals surface area contributed by atoms with Crippen molar-refractivity contribution >= 4 is 5.91 Å². The molecule has 0 bridgehead atoms. The third kappa shape index (κ3) is 6.55. The van der Waals surface area contributed by atoms with Crippen LogP contribution in [-0.4, -0.2) is 58.0 Å². The van der Waals surface area contributed by atoms with Crippen molar-refractivity contribution < 1.29 is 22.7 Å². The number of amides is 1. The molecule has 31 heavy (non-hydrogen) atoms. The molecule has 0 atom stereocenters. The van der Waals surface area contributed by atoms with Gasteiger partial charge in [0.25, 0.3) is 11.5 Å². The van der Waals surface area contributed by atoms with Crippen LogP contribution in [0.15, 0.2) is 41.2 Å². The quantitative estimate of drug-likeness (QED) is 0.665. The maximum absolute atomic E-state index is 12.8. The van der Waals surface area contributed by atoms with Crippen molar-refractivity contribution in [2.24, 2.45) is 0 Å². The number of carbonyl (C=O) groups is 1. The Labute approximate surface area is 178 Å². The van der Waals surface area contributed by atoms with Crippen molar-refractivity contribution in [3.63, 3.8) is 0 Å². The summed E-state index contributed by atoms with van der Waals surface area (Å²) in [7, 11) is 0. The van der Waals surface area contributed by atoms with Gasteiger partial charge in [-0.2, -0.15) is 5.10 Å². The lowest BCUT2D eigenvalue weighted by molar-refractivity contribution is -0.274. The zero-order valence-electron chi connectivity index (χ0n) is 17.3. The van der Waals surface area contributed by atoms with Gasteiger partial charge in [0, 0.05) is 45.3 Å². The number of ether oxygens (including phenoxy) is 1. The third-order valence-corrected chi connectivity index (χ3v) is 5.03. The van der Waals surface area contributed by atoms with Crippen LogP contribution in [0, 0.1) is 0 Å². The number of aryl methyl sites for hydroxylation is 1. The predicted molar refractivity (Wildman–Crippen MR) is 108 cm³/mol. The lowest BCUT2D eigenvalue weighted by Gasteiger charge is -2.34. The van der Waals surface area contributed by atoms with Crippen LogP contribution < -0.4 is 10.3 Å². The van der Waals surface area contributed by atoms with Crippen LogP contribution in [0.2, 0.25) is 0 Å². The molecule has 1 saturated heterocycles. The minimum absolute atomic E-state index is 0.210. The van der Waals surface area contributed by atoms with E-state index in [0.717, 1.165) is 18.4 Å². The Morgan fingerprint density at radius 1 is 1.06 bits per heavy atom. The highest BCUT2D eigenvalue weighted by Crippen LogP contribution is 2.23.